The Balaban J connectivity index is 1.18. The van der Waals surface area contributed by atoms with Crippen LogP contribution < -0.4 is 20.7 Å². The highest BCUT2D eigenvalue weighted by Gasteiger charge is 2.58. The number of hydrogen-bond acceptors (Lipinski definition) is 4. The van der Waals surface area contributed by atoms with E-state index in [2.05, 4.69) is 16.0 Å². The first-order valence-electron chi connectivity index (χ1n) is 11.0. The molecule has 1 aromatic rings. The van der Waals surface area contributed by atoms with E-state index in [1.165, 1.54) is 6.07 Å². The molecule has 1 saturated heterocycles. The maximum atomic E-state index is 12.7. The average molecular weight is 508 g/mol. The van der Waals surface area contributed by atoms with Gasteiger partial charge >= 0.3 is 6.18 Å². The largest absolute Gasteiger partial charge is 0.484 e. The summed E-state index contributed by atoms with van der Waals surface area (Å²) in [6.07, 6.45) is -1.75. The van der Waals surface area contributed by atoms with Gasteiger partial charge in [-0.1, -0.05) is 23.2 Å². The van der Waals surface area contributed by atoms with Crippen LogP contribution in [0.5, 0.6) is 5.75 Å². The van der Waals surface area contributed by atoms with Gasteiger partial charge in [0, 0.05) is 30.6 Å². The molecule has 0 spiro atoms. The topological polar surface area (TPSA) is 79.5 Å². The first kappa shape index (κ1) is 24.4. The third kappa shape index (κ3) is 5.69. The summed E-state index contributed by atoms with van der Waals surface area (Å²) in [5.74, 6) is 0.0787. The zero-order valence-electron chi connectivity index (χ0n) is 17.8. The van der Waals surface area contributed by atoms with E-state index in [0.29, 0.717) is 35.2 Å². The lowest BCUT2D eigenvalue weighted by atomic mass is 9.76. The molecule has 1 aromatic carbocycles. The average Bonchev–Trinajstić information content (AvgIpc) is 3.28. The highest BCUT2D eigenvalue weighted by atomic mass is 35.5. The molecule has 6 nitrogen and oxygen atoms in total. The Morgan fingerprint density at radius 2 is 1.91 bits per heavy atom. The Morgan fingerprint density at radius 1 is 1.15 bits per heavy atom. The van der Waals surface area contributed by atoms with Crippen molar-refractivity contribution in [2.75, 3.05) is 19.7 Å². The predicted molar refractivity (Wildman–Crippen MR) is 117 cm³/mol. The van der Waals surface area contributed by atoms with Gasteiger partial charge in [-0.05, 0) is 56.1 Å². The van der Waals surface area contributed by atoms with Gasteiger partial charge in [0.2, 0.25) is 5.91 Å². The molecule has 182 valence electrons. The second-order valence-electron chi connectivity index (χ2n) is 9.36. The van der Waals surface area contributed by atoms with Crippen LogP contribution in [0.25, 0.3) is 0 Å². The molecule has 3 saturated carbocycles. The maximum Gasteiger partial charge on any atom is 0.403 e. The lowest BCUT2D eigenvalue weighted by Gasteiger charge is -2.39. The second kappa shape index (κ2) is 9.50. The number of hydrogen-bond donors (Lipinski definition) is 3. The number of nitrogens with one attached hydrogen (secondary N) is 3. The monoisotopic (exact) mass is 507 g/mol. The molecule has 0 aromatic heterocycles. The number of carbonyl (C=O) groups excluding carboxylic acids is 2. The maximum absolute atomic E-state index is 12.7. The molecule has 3 aliphatic carbocycles. The summed E-state index contributed by atoms with van der Waals surface area (Å²) in [6, 6.07) is 3.29. The highest BCUT2D eigenvalue weighted by Crippen LogP contribution is 2.55. The summed E-state index contributed by atoms with van der Waals surface area (Å²) in [6.45, 7) is 0.419. The number of alkyl halides is 3. The molecule has 5 rings (SSSR count). The van der Waals surface area contributed by atoms with E-state index < -0.39 is 17.8 Å². The van der Waals surface area contributed by atoms with Gasteiger partial charge in [-0.15, -0.1) is 0 Å². The van der Waals surface area contributed by atoms with Crippen molar-refractivity contribution in [2.24, 2.45) is 17.8 Å². The number of rotatable bonds is 7. The molecule has 1 aliphatic heterocycles. The van der Waals surface area contributed by atoms with Crippen molar-refractivity contribution < 1.29 is 27.5 Å². The van der Waals surface area contributed by atoms with E-state index in [1.807, 2.05) is 0 Å². The standard InChI is InChI=1S/C22H26Cl2F3N3O3/c23-16-3-2-14(5-17(16)24)33-11-19(31)30-21-6-13(7-21)15(8-21)20(32)29-10-12-1-4-18(28-9-12)22(25,26)27/h2-3,5,12-13,15,18,28H,1,4,6-11H2,(H,29,32)(H,30,31)/t12?,13?,15-,18?,21?/m1/s1. The van der Waals surface area contributed by atoms with Crippen LogP contribution in [0, 0.1) is 17.8 Å². The third-order valence-electron chi connectivity index (χ3n) is 6.96. The quantitative estimate of drug-likeness (QED) is 0.525. The molecule has 2 unspecified atom stereocenters. The fourth-order valence-electron chi connectivity index (χ4n) is 5.24. The van der Waals surface area contributed by atoms with Crippen molar-refractivity contribution in [1.29, 1.82) is 0 Å². The van der Waals surface area contributed by atoms with Crippen LogP contribution in [-0.2, 0) is 9.59 Å². The van der Waals surface area contributed by atoms with Gasteiger partial charge in [-0.3, -0.25) is 9.59 Å². The summed E-state index contributed by atoms with van der Waals surface area (Å²) < 4.78 is 43.7. The SMILES string of the molecule is O=C(COc1ccc(Cl)c(Cl)c1)NC12CC(C1)[C@H](C(=O)NCC1CCC(C(F)(F)F)NC1)C2. The molecule has 3 atom stereocenters. The fourth-order valence-corrected chi connectivity index (χ4v) is 5.52. The van der Waals surface area contributed by atoms with Crippen LogP contribution in [-0.4, -0.2) is 49.3 Å². The fraction of sp³-hybridized carbons (Fsp3) is 0.636. The number of ether oxygens (including phenoxy) is 1. The minimum Gasteiger partial charge on any atom is -0.484 e. The Kier molecular flexibility index (Phi) is 7.03. The lowest BCUT2D eigenvalue weighted by Crippen LogP contribution is -2.53. The Bertz CT molecular complexity index is 901. The summed E-state index contributed by atoms with van der Waals surface area (Å²) in [4.78, 5) is 25.1. The molecule has 0 radical (unpaired) electrons. The van der Waals surface area contributed by atoms with Gasteiger partial charge < -0.3 is 20.7 Å². The van der Waals surface area contributed by atoms with E-state index in [1.54, 1.807) is 12.1 Å². The van der Waals surface area contributed by atoms with Crippen molar-refractivity contribution in [3.05, 3.63) is 28.2 Å². The van der Waals surface area contributed by atoms with Crippen LogP contribution in [0.3, 0.4) is 0 Å². The zero-order chi connectivity index (χ0) is 23.8. The van der Waals surface area contributed by atoms with E-state index in [-0.39, 0.29) is 49.1 Å². The minimum absolute atomic E-state index is 0.0175. The normalized spacial score (nSPS) is 30.9. The second-order valence-corrected chi connectivity index (χ2v) is 10.2. The molecule has 2 bridgehead atoms. The van der Waals surface area contributed by atoms with Gasteiger partial charge in [-0.2, -0.15) is 13.2 Å². The van der Waals surface area contributed by atoms with Crippen LogP contribution >= 0.6 is 23.2 Å². The summed E-state index contributed by atoms with van der Waals surface area (Å²) in [5.41, 5.74) is -0.392. The number of benzene rings is 1. The Labute approximate surface area is 199 Å². The first-order valence-corrected chi connectivity index (χ1v) is 11.8. The predicted octanol–water partition coefficient (Wildman–Crippen LogP) is 3.70. The van der Waals surface area contributed by atoms with Crippen molar-refractivity contribution >= 4 is 35.0 Å². The molecular weight excluding hydrogens is 482 g/mol. The molecule has 11 heteroatoms. The van der Waals surface area contributed by atoms with Gasteiger partial charge in [0.1, 0.15) is 11.8 Å². The molecule has 3 N–H and O–H groups in total. The van der Waals surface area contributed by atoms with Crippen molar-refractivity contribution in [2.45, 2.75) is 49.9 Å². The van der Waals surface area contributed by atoms with Gasteiger partial charge in [0.25, 0.3) is 5.91 Å². The number of piperidine rings is 1. The van der Waals surface area contributed by atoms with Crippen LogP contribution in [0.1, 0.15) is 32.1 Å². The van der Waals surface area contributed by atoms with Gasteiger partial charge in [-0.25, -0.2) is 0 Å². The molecule has 4 fully saturated rings. The molecule has 2 amide bonds. The van der Waals surface area contributed by atoms with E-state index in [4.69, 9.17) is 27.9 Å². The van der Waals surface area contributed by atoms with Crippen LogP contribution in [0.2, 0.25) is 10.0 Å². The summed E-state index contributed by atoms with van der Waals surface area (Å²) in [7, 11) is 0. The van der Waals surface area contributed by atoms with Crippen molar-refractivity contribution in [1.82, 2.24) is 16.0 Å². The van der Waals surface area contributed by atoms with Crippen molar-refractivity contribution in [3.63, 3.8) is 0 Å². The van der Waals surface area contributed by atoms with Crippen molar-refractivity contribution in [3.8, 4) is 5.75 Å². The van der Waals surface area contributed by atoms with E-state index >= 15 is 0 Å². The summed E-state index contributed by atoms with van der Waals surface area (Å²) in [5, 5.41) is 9.18. The lowest BCUT2D eigenvalue weighted by molar-refractivity contribution is -0.162. The number of carbonyl (C=O) groups is 2. The zero-order valence-corrected chi connectivity index (χ0v) is 19.3. The van der Waals surface area contributed by atoms with E-state index in [9.17, 15) is 22.8 Å². The summed E-state index contributed by atoms with van der Waals surface area (Å²) >= 11 is 11.8. The molecule has 1 heterocycles. The van der Waals surface area contributed by atoms with Crippen LogP contribution in [0.15, 0.2) is 18.2 Å². The number of fused-ring (bicyclic) bond motifs is 1. The molecular formula is C22H26Cl2F3N3O3. The first-order chi connectivity index (χ1) is 15.5. The molecule has 4 aliphatic rings. The Hall–Kier alpha value is -1.71. The minimum atomic E-state index is -4.23. The Morgan fingerprint density at radius 3 is 2.55 bits per heavy atom. The van der Waals surface area contributed by atoms with Gasteiger partial charge in [0.15, 0.2) is 6.61 Å². The number of amides is 2. The molecule has 33 heavy (non-hydrogen) atoms. The van der Waals surface area contributed by atoms with Gasteiger partial charge in [0.05, 0.1) is 10.0 Å². The highest BCUT2D eigenvalue weighted by molar-refractivity contribution is 6.42. The smallest absolute Gasteiger partial charge is 0.403 e. The number of halogens is 5. The third-order valence-corrected chi connectivity index (χ3v) is 7.70. The van der Waals surface area contributed by atoms with E-state index in [0.717, 1.165) is 12.8 Å². The van der Waals surface area contributed by atoms with Crippen LogP contribution in [0.4, 0.5) is 13.2 Å².